The van der Waals surface area contributed by atoms with Gasteiger partial charge in [-0.1, -0.05) is 53.4 Å². The van der Waals surface area contributed by atoms with Gasteiger partial charge in [-0.05, 0) is 48.3 Å². The molecule has 16 heavy (non-hydrogen) atoms. The largest absolute Gasteiger partial charge is 0.0622 e. The van der Waals surface area contributed by atoms with Gasteiger partial charge in [0.15, 0.2) is 0 Å². The molecule has 0 spiro atoms. The van der Waals surface area contributed by atoms with Crippen molar-refractivity contribution in [1.29, 1.82) is 0 Å². The summed E-state index contributed by atoms with van der Waals surface area (Å²) in [5.74, 6) is 6.09. The molecule has 0 N–H and O–H groups in total. The first-order valence-electron chi connectivity index (χ1n) is 7.59. The third-order valence-corrected chi connectivity index (χ3v) is 5.91. The molecule has 0 heterocycles. The Morgan fingerprint density at radius 3 is 1.06 bits per heavy atom. The maximum absolute atomic E-state index is 2.48. The van der Waals surface area contributed by atoms with Gasteiger partial charge in [0, 0.05) is 0 Å². The fourth-order valence-electron chi connectivity index (χ4n) is 4.55. The Labute approximate surface area is 102 Å². The van der Waals surface area contributed by atoms with Crippen molar-refractivity contribution in [3.8, 4) is 0 Å². The van der Waals surface area contributed by atoms with Crippen molar-refractivity contribution in [3.05, 3.63) is 0 Å². The third-order valence-electron chi connectivity index (χ3n) is 5.91. The summed E-state index contributed by atoms with van der Waals surface area (Å²) in [5.41, 5.74) is 0. The Kier molecular flexibility index (Phi) is 3.97. The van der Waals surface area contributed by atoms with Crippen molar-refractivity contribution < 1.29 is 0 Å². The summed E-state index contributed by atoms with van der Waals surface area (Å²) < 4.78 is 0. The Morgan fingerprint density at radius 2 is 0.812 bits per heavy atom. The molecule has 2 aliphatic carbocycles. The van der Waals surface area contributed by atoms with E-state index in [1.54, 1.807) is 0 Å². The fraction of sp³-hybridized carbons (Fsp3) is 1.00. The molecule has 2 fully saturated rings. The molecular weight excluding hydrogens is 192 g/mol. The topological polar surface area (TPSA) is 0 Å². The summed E-state index contributed by atoms with van der Waals surface area (Å²) in [5, 5.41) is 0. The number of hydrogen-bond acceptors (Lipinski definition) is 0. The minimum absolute atomic E-state index is 1.00. The monoisotopic (exact) mass is 222 g/mol. The van der Waals surface area contributed by atoms with Gasteiger partial charge < -0.3 is 0 Å². The Morgan fingerprint density at radius 1 is 0.562 bits per heavy atom. The van der Waals surface area contributed by atoms with Crippen LogP contribution >= 0.6 is 0 Å². The van der Waals surface area contributed by atoms with E-state index in [0.29, 0.717) is 0 Å². The van der Waals surface area contributed by atoms with Crippen LogP contribution in [0.5, 0.6) is 0 Å². The highest BCUT2D eigenvalue weighted by Crippen LogP contribution is 2.44. The van der Waals surface area contributed by atoms with E-state index in [2.05, 4.69) is 27.7 Å². The van der Waals surface area contributed by atoms with E-state index >= 15 is 0 Å². The van der Waals surface area contributed by atoms with Crippen LogP contribution in [0.25, 0.3) is 0 Å². The molecular formula is C16H30. The van der Waals surface area contributed by atoms with Gasteiger partial charge >= 0.3 is 0 Å². The predicted octanol–water partition coefficient (Wildman–Crippen LogP) is 5.13. The first-order valence-corrected chi connectivity index (χ1v) is 7.59. The molecule has 94 valence electrons. The lowest BCUT2D eigenvalue weighted by atomic mass is 9.80. The van der Waals surface area contributed by atoms with Crippen molar-refractivity contribution in [1.82, 2.24) is 0 Å². The summed E-state index contributed by atoms with van der Waals surface area (Å²) in [6.45, 7) is 9.93. The van der Waals surface area contributed by atoms with Crippen molar-refractivity contribution >= 4 is 0 Å². The van der Waals surface area contributed by atoms with E-state index in [9.17, 15) is 0 Å². The minimum Gasteiger partial charge on any atom is -0.0622 e. The van der Waals surface area contributed by atoms with Crippen molar-refractivity contribution in [3.63, 3.8) is 0 Å². The van der Waals surface area contributed by atoms with Gasteiger partial charge in [0.1, 0.15) is 0 Å². The summed E-state index contributed by atoms with van der Waals surface area (Å²) >= 11 is 0. The summed E-state index contributed by atoms with van der Waals surface area (Å²) in [6.07, 6.45) is 8.98. The van der Waals surface area contributed by atoms with Crippen LogP contribution in [-0.4, -0.2) is 0 Å². The van der Waals surface area contributed by atoms with Gasteiger partial charge in [0.05, 0.1) is 0 Å². The van der Waals surface area contributed by atoms with Crippen LogP contribution in [0, 0.1) is 35.5 Å². The predicted molar refractivity (Wildman–Crippen MR) is 71.3 cm³/mol. The highest BCUT2D eigenvalue weighted by molar-refractivity contribution is 4.84. The first kappa shape index (κ1) is 12.5. The highest BCUT2D eigenvalue weighted by atomic mass is 14.4. The van der Waals surface area contributed by atoms with Gasteiger partial charge in [-0.15, -0.1) is 0 Å². The maximum Gasteiger partial charge on any atom is -0.0363 e. The summed E-state index contributed by atoms with van der Waals surface area (Å²) in [6, 6.07) is 0. The smallest absolute Gasteiger partial charge is 0.0363 e. The molecule has 4 atom stereocenters. The second-order valence-electron chi connectivity index (χ2n) is 6.97. The van der Waals surface area contributed by atoms with Crippen LogP contribution in [0.1, 0.15) is 66.2 Å². The van der Waals surface area contributed by atoms with Crippen LogP contribution in [0.2, 0.25) is 0 Å². The molecule has 0 nitrogen and oxygen atoms in total. The molecule has 0 amide bonds. The summed E-state index contributed by atoms with van der Waals surface area (Å²) in [7, 11) is 0. The zero-order chi connectivity index (χ0) is 11.7. The third kappa shape index (κ3) is 2.46. The molecule has 0 aromatic rings. The first-order chi connectivity index (χ1) is 7.59. The normalized spacial score (nSPS) is 48.8. The van der Waals surface area contributed by atoms with E-state index in [1.807, 2.05) is 0 Å². The molecule has 0 bridgehead atoms. The second kappa shape index (κ2) is 5.10. The molecule has 0 aliphatic heterocycles. The zero-order valence-electron chi connectivity index (χ0n) is 11.7. The number of hydrogen-bond donors (Lipinski definition) is 0. The van der Waals surface area contributed by atoms with Gasteiger partial charge in [-0.2, -0.15) is 0 Å². The standard InChI is InChI=1S/C16H30/c1-11-5-6-12(2)15(11)9-10-16-13(3)7-8-14(16)4/h11-16H,5-10H2,1-4H3. The van der Waals surface area contributed by atoms with Crippen LogP contribution < -0.4 is 0 Å². The molecule has 0 radical (unpaired) electrons. The van der Waals surface area contributed by atoms with Crippen LogP contribution in [0.3, 0.4) is 0 Å². The molecule has 0 aromatic carbocycles. The van der Waals surface area contributed by atoms with Crippen molar-refractivity contribution in [2.75, 3.05) is 0 Å². The van der Waals surface area contributed by atoms with E-state index in [0.717, 1.165) is 35.5 Å². The van der Waals surface area contributed by atoms with E-state index < -0.39 is 0 Å². The highest BCUT2D eigenvalue weighted by Gasteiger charge is 2.34. The zero-order valence-corrected chi connectivity index (χ0v) is 11.7. The maximum atomic E-state index is 2.48. The average molecular weight is 222 g/mol. The fourth-order valence-corrected chi connectivity index (χ4v) is 4.55. The quantitative estimate of drug-likeness (QED) is 0.621. The van der Waals surface area contributed by atoms with Gasteiger partial charge in [-0.3, -0.25) is 0 Å². The molecule has 2 aliphatic rings. The van der Waals surface area contributed by atoms with Gasteiger partial charge in [-0.25, -0.2) is 0 Å². The van der Waals surface area contributed by atoms with Crippen LogP contribution in [0.4, 0.5) is 0 Å². The molecule has 0 aromatic heterocycles. The number of rotatable bonds is 3. The Balaban J connectivity index is 1.82. The van der Waals surface area contributed by atoms with Crippen LogP contribution in [-0.2, 0) is 0 Å². The lowest BCUT2D eigenvalue weighted by Gasteiger charge is -2.25. The van der Waals surface area contributed by atoms with E-state index in [4.69, 9.17) is 0 Å². The van der Waals surface area contributed by atoms with E-state index in [-0.39, 0.29) is 0 Å². The van der Waals surface area contributed by atoms with Crippen molar-refractivity contribution in [2.24, 2.45) is 35.5 Å². The molecule has 0 heteroatoms. The van der Waals surface area contributed by atoms with E-state index in [1.165, 1.54) is 38.5 Å². The Bertz CT molecular complexity index is 176. The molecule has 2 rings (SSSR count). The lowest BCUT2D eigenvalue weighted by molar-refractivity contribution is 0.247. The minimum atomic E-state index is 1.00. The molecule has 0 saturated heterocycles. The second-order valence-corrected chi connectivity index (χ2v) is 6.97. The summed E-state index contributed by atoms with van der Waals surface area (Å²) in [4.78, 5) is 0. The molecule has 2 saturated carbocycles. The Hall–Kier alpha value is 0. The molecule has 4 unspecified atom stereocenters. The van der Waals surface area contributed by atoms with Gasteiger partial charge in [0.2, 0.25) is 0 Å². The van der Waals surface area contributed by atoms with Gasteiger partial charge in [0.25, 0.3) is 0 Å². The SMILES string of the molecule is CC1CCC(C)C1CCC1C(C)CCC1C. The average Bonchev–Trinajstić information content (AvgIpc) is 2.72. The van der Waals surface area contributed by atoms with Crippen molar-refractivity contribution in [2.45, 2.75) is 66.2 Å². The van der Waals surface area contributed by atoms with Crippen LogP contribution in [0.15, 0.2) is 0 Å². The lowest BCUT2D eigenvalue weighted by Crippen LogP contribution is -2.16.